The molecule has 0 N–H and O–H groups in total. The van der Waals surface area contributed by atoms with E-state index < -0.39 is 0 Å². The SMILES string of the molecule is CC=CCCCCCCCCCCCCCC(=O)N1CCCCCC1=O. The molecule has 0 aliphatic carbocycles. The average molecular weight is 364 g/mol. The van der Waals surface area contributed by atoms with Crippen molar-refractivity contribution in [2.75, 3.05) is 6.54 Å². The molecule has 1 heterocycles. The van der Waals surface area contributed by atoms with Gasteiger partial charge in [-0.25, -0.2) is 0 Å². The molecule has 1 rings (SSSR count). The first-order chi connectivity index (χ1) is 12.8. The van der Waals surface area contributed by atoms with Crippen molar-refractivity contribution in [2.24, 2.45) is 0 Å². The highest BCUT2D eigenvalue weighted by molar-refractivity contribution is 5.95. The van der Waals surface area contributed by atoms with Gasteiger partial charge in [-0.05, 0) is 39.0 Å². The van der Waals surface area contributed by atoms with Gasteiger partial charge >= 0.3 is 0 Å². The van der Waals surface area contributed by atoms with Crippen LogP contribution in [0, 0.1) is 0 Å². The average Bonchev–Trinajstić information content (AvgIpc) is 2.86. The Bertz CT molecular complexity index is 403. The van der Waals surface area contributed by atoms with Gasteiger partial charge in [0.2, 0.25) is 11.8 Å². The van der Waals surface area contributed by atoms with Crippen molar-refractivity contribution >= 4 is 11.8 Å². The minimum atomic E-state index is 0.0503. The van der Waals surface area contributed by atoms with E-state index in [2.05, 4.69) is 19.1 Å². The standard InChI is InChI=1S/C23H41NO2/c1-2-3-4-5-6-7-8-9-10-11-12-13-14-16-19-22(25)24-21-18-15-17-20-23(24)26/h2-3H,4-21H2,1H3. The molecule has 1 fully saturated rings. The van der Waals surface area contributed by atoms with Gasteiger partial charge in [-0.3, -0.25) is 14.5 Å². The molecule has 150 valence electrons. The molecule has 0 unspecified atom stereocenters. The Morgan fingerprint density at radius 1 is 0.846 bits per heavy atom. The molecule has 0 aromatic heterocycles. The number of hydrogen-bond donors (Lipinski definition) is 0. The maximum absolute atomic E-state index is 12.2. The predicted molar refractivity (Wildman–Crippen MR) is 110 cm³/mol. The van der Waals surface area contributed by atoms with Gasteiger partial charge < -0.3 is 0 Å². The van der Waals surface area contributed by atoms with Crippen LogP contribution in [-0.2, 0) is 9.59 Å². The van der Waals surface area contributed by atoms with Gasteiger partial charge in [0.1, 0.15) is 0 Å². The largest absolute Gasteiger partial charge is 0.283 e. The Balaban J connectivity index is 1.87. The molecule has 0 aromatic carbocycles. The van der Waals surface area contributed by atoms with Crippen LogP contribution in [0.1, 0.15) is 116 Å². The number of imide groups is 1. The fourth-order valence-electron chi connectivity index (χ4n) is 3.68. The summed E-state index contributed by atoms with van der Waals surface area (Å²) in [6.07, 6.45) is 23.9. The van der Waals surface area contributed by atoms with Gasteiger partial charge in [0, 0.05) is 19.4 Å². The first kappa shape index (κ1) is 22.9. The smallest absolute Gasteiger partial charge is 0.229 e. The quantitative estimate of drug-likeness (QED) is 0.259. The fourth-order valence-corrected chi connectivity index (χ4v) is 3.68. The van der Waals surface area contributed by atoms with Gasteiger partial charge in [0.05, 0.1) is 0 Å². The zero-order valence-corrected chi connectivity index (χ0v) is 17.1. The lowest BCUT2D eigenvalue weighted by atomic mass is 10.0. The number of likely N-dealkylation sites (tertiary alicyclic amines) is 1. The van der Waals surface area contributed by atoms with E-state index in [9.17, 15) is 9.59 Å². The van der Waals surface area contributed by atoms with E-state index in [1.54, 1.807) is 0 Å². The van der Waals surface area contributed by atoms with Crippen molar-refractivity contribution in [1.82, 2.24) is 4.90 Å². The van der Waals surface area contributed by atoms with Crippen molar-refractivity contribution in [3.8, 4) is 0 Å². The highest BCUT2D eigenvalue weighted by Gasteiger charge is 2.22. The van der Waals surface area contributed by atoms with Gasteiger partial charge in [-0.15, -0.1) is 0 Å². The second-order valence-electron chi connectivity index (χ2n) is 7.75. The van der Waals surface area contributed by atoms with Crippen molar-refractivity contribution in [3.05, 3.63) is 12.2 Å². The second-order valence-corrected chi connectivity index (χ2v) is 7.75. The maximum Gasteiger partial charge on any atom is 0.229 e. The monoisotopic (exact) mass is 363 g/mol. The number of allylic oxidation sites excluding steroid dienone is 2. The van der Waals surface area contributed by atoms with Crippen LogP contribution in [-0.4, -0.2) is 23.3 Å². The molecule has 0 atom stereocenters. The minimum absolute atomic E-state index is 0.0503. The third-order valence-corrected chi connectivity index (χ3v) is 5.37. The summed E-state index contributed by atoms with van der Waals surface area (Å²) in [6, 6.07) is 0. The Morgan fingerprint density at radius 3 is 2.04 bits per heavy atom. The van der Waals surface area contributed by atoms with E-state index in [4.69, 9.17) is 0 Å². The molecule has 3 heteroatoms. The van der Waals surface area contributed by atoms with Crippen LogP contribution in [0.3, 0.4) is 0 Å². The molecular weight excluding hydrogens is 322 g/mol. The molecular formula is C23H41NO2. The lowest BCUT2D eigenvalue weighted by Gasteiger charge is -2.18. The summed E-state index contributed by atoms with van der Waals surface area (Å²) in [7, 11) is 0. The summed E-state index contributed by atoms with van der Waals surface area (Å²) in [5, 5.41) is 0. The zero-order chi connectivity index (χ0) is 18.9. The van der Waals surface area contributed by atoms with Crippen molar-refractivity contribution in [2.45, 2.75) is 116 Å². The van der Waals surface area contributed by atoms with Crippen molar-refractivity contribution < 1.29 is 9.59 Å². The zero-order valence-electron chi connectivity index (χ0n) is 17.1. The summed E-state index contributed by atoms with van der Waals surface area (Å²) in [5.41, 5.74) is 0. The summed E-state index contributed by atoms with van der Waals surface area (Å²) in [5.74, 6) is 0.112. The third-order valence-electron chi connectivity index (χ3n) is 5.37. The topological polar surface area (TPSA) is 37.4 Å². The van der Waals surface area contributed by atoms with Crippen LogP contribution in [0.2, 0.25) is 0 Å². The number of nitrogens with zero attached hydrogens (tertiary/aromatic N) is 1. The molecule has 1 aliphatic rings. The van der Waals surface area contributed by atoms with Crippen LogP contribution in [0.5, 0.6) is 0 Å². The molecule has 0 aromatic rings. The molecule has 0 radical (unpaired) electrons. The van der Waals surface area contributed by atoms with Crippen LogP contribution in [0.15, 0.2) is 12.2 Å². The van der Waals surface area contributed by atoms with Crippen molar-refractivity contribution in [3.63, 3.8) is 0 Å². The number of carbonyl (C=O) groups excluding carboxylic acids is 2. The normalized spacial score (nSPS) is 15.6. The maximum atomic E-state index is 12.2. The Hall–Kier alpha value is -1.12. The highest BCUT2D eigenvalue weighted by Crippen LogP contribution is 2.15. The van der Waals surface area contributed by atoms with Crippen LogP contribution in [0.25, 0.3) is 0 Å². The first-order valence-electron chi connectivity index (χ1n) is 11.2. The molecule has 26 heavy (non-hydrogen) atoms. The predicted octanol–water partition coefficient (Wildman–Crippen LogP) is 6.56. The van der Waals surface area contributed by atoms with Gasteiger partial charge in [-0.2, -0.15) is 0 Å². The number of rotatable bonds is 14. The Labute approximate surface area is 161 Å². The molecule has 0 spiro atoms. The van der Waals surface area contributed by atoms with E-state index in [1.165, 1.54) is 69.1 Å². The molecule has 0 bridgehead atoms. The summed E-state index contributed by atoms with van der Waals surface area (Å²) in [4.78, 5) is 25.6. The number of carbonyl (C=O) groups is 2. The van der Waals surface area contributed by atoms with Crippen LogP contribution < -0.4 is 0 Å². The van der Waals surface area contributed by atoms with E-state index in [1.807, 2.05) is 0 Å². The molecule has 1 aliphatic heterocycles. The summed E-state index contributed by atoms with van der Waals surface area (Å²) < 4.78 is 0. The van der Waals surface area contributed by atoms with Crippen LogP contribution in [0.4, 0.5) is 0 Å². The van der Waals surface area contributed by atoms with E-state index in [0.717, 1.165) is 32.1 Å². The molecule has 2 amide bonds. The third kappa shape index (κ3) is 11.5. The van der Waals surface area contributed by atoms with E-state index >= 15 is 0 Å². The first-order valence-corrected chi connectivity index (χ1v) is 11.2. The molecule has 3 nitrogen and oxygen atoms in total. The summed E-state index contributed by atoms with van der Waals surface area (Å²) >= 11 is 0. The Morgan fingerprint density at radius 2 is 1.42 bits per heavy atom. The van der Waals surface area contributed by atoms with Crippen LogP contribution >= 0.6 is 0 Å². The lowest BCUT2D eigenvalue weighted by molar-refractivity contribution is -0.144. The van der Waals surface area contributed by atoms with Crippen molar-refractivity contribution in [1.29, 1.82) is 0 Å². The highest BCUT2D eigenvalue weighted by atomic mass is 16.2. The van der Waals surface area contributed by atoms with E-state index in [0.29, 0.717) is 19.4 Å². The second kappa shape index (κ2) is 16.1. The lowest BCUT2D eigenvalue weighted by Crippen LogP contribution is -2.36. The summed E-state index contributed by atoms with van der Waals surface area (Å²) in [6.45, 7) is 2.74. The molecule has 1 saturated heterocycles. The van der Waals surface area contributed by atoms with Gasteiger partial charge in [-0.1, -0.05) is 76.4 Å². The number of unbranched alkanes of at least 4 members (excludes halogenated alkanes) is 11. The minimum Gasteiger partial charge on any atom is -0.283 e. The van der Waals surface area contributed by atoms with Gasteiger partial charge in [0.25, 0.3) is 0 Å². The fraction of sp³-hybridized carbons (Fsp3) is 0.826. The van der Waals surface area contributed by atoms with E-state index in [-0.39, 0.29) is 11.8 Å². The number of amides is 2. The molecule has 0 saturated carbocycles. The van der Waals surface area contributed by atoms with Gasteiger partial charge in [0.15, 0.2) is 0 Å². The number of hydrogen-bond acceptors (Lipinski definition) is 2. The Kier molecular flexibility index (Phi) is 14.2.